The molecular formula is C24H18FN3O3. The highest BCUT2D eigenvalue weighted by Crippen LogP contribution is 2.31. The van der Waals surface area contributed by atoms with Crippen LogP contribution < -0.4 is 0 Å². The smallest absolute Gasteiger partial charge is 0.219 e. The lowest BCUT2D eigenvalue weighted by Crippen LogP contribution is -2.01. The van der Waals surface area contributed by atoms with Crippen LogP contribution in [0.2, 0.25) is 0 Å². The lowest BCUT2D eigenvalue weighted by molar-refractivity contribution is 0.433. The van der Waals surface area contributed by atoms with Gasteiger partial charge in [-0.05, 0) is 29.8 Å². The van der Waals surface area contributed by atoms with Crippen molar-refractivity contribution in [3.63, 3.8) is 0 Å². The fourth-order valence-corrected chi connectivity index (χ4v) is 3.60. The van der Waals surface area contributed by atoms with Gasteiger partial charge in [-0.2, -0.15) is 0 Å². The molecule has 0 radical (unpaired) electrons. The Bertz CT molecular complexity index is 1360. The van der Waals surface area contributed by atoms with Crippen molar-refractivity contribution in [3.8, 4) is 22.9 Å². The highest BCUT2D eigenvalue weighted by Gasteiger charge is 2.20. The van der Waals surface area contributed by atoms with Crippen molar-refractivity contribution in [3.05, 3.63) is 102 Å². The number of hydrogen-bond acceptors (Lipinski definition) is 5. The number of phenols is 1. The van der Waals surface area contributed by atoms with E-state index in [0.717, 1.165) is 5.56 Å². The molecule has 3 aromatic heterocycles. The summed E-state index contributed by atoms with van der Waals surface area (Å²) in [5.74, 6) is -0.631. The second kappa shape index (κ2) is 7.60. The molecule has 0 bridgehead atoms. The molecule has 0 saturated heterocycles. The van der Waals surface area contributed by atoms with Crippen LogP contribution in [0.3, 0.4) is 0 Å². The van der Waals surface area contributed by atoms with E-state index in [1.165, 1.54) is 22.7 Å². The van der Waals surface area contributed by atoms with E-state index in [1.54, 1.807) is 24.5 Å². The minimum absolute atomic E-state index is 0.0649. The molecule has 3 heterocycles. The number of nitrogens with zero attached hydrogens (tertiary/aromatic N) is 3. The third kappa shape index (κ3) is 3.50. The van der Waals surface area contributed by atoms with Crippen LogP contribution in [0.1, 0.15) is 22.7 Å². The average molecular weight is 415 g/mol. The molecule has 0 saturated carbocycles. The van der Waals surface area contributed by atoms with Crippen LogP contribution >= 0.6 is 0 Å². The molecule has 31 heavy (non-hydrogen) atoms. The van der Waals surface area contributed by atoms with Gasteiger partial charge in [0.1, 0.15) is 11.5 Å². The number of aromatic hydroxyl groups is 2. The molecule has 0 spiro atoms. The topological polar surface area (TPSA) is 83.8 Å². The highest BCUT2D eigenvalue weighted by molar-refractivity contribution is 5.65. The van der Waals surface area contributed by atoms with Crippen molar-refractivity contribution in [1.82, 2.24) is 14.4 Å². The Balaban J connectivity index is 1.70. The number of fused-ring (bicyclic) bond motifs is 1. The summed E-state index contributed by atoms with van der Waals surface area (Å²) in [6.07, 6.45) is 3.83. The van der Waals surface area contributed by atoms with E-state index in [2.05, 4.69) is 9.97 Å². The first-order chi connectivity index (χ1) is 15.1. The molecule has 6 nitrogen and oxygen atoms in total. The van der Waals surface area contributed by atoms with Crippen LogP contribution in [-0.4, -0.2) is 24.6 Å². The fourth-order valence-electron chi connectivity index (χ4n) is 3.60. The molecule has 0 fully saturated rings. The van der Waals surface area contributed by atoms with Crippen LogP contribution in [-0.2, 0) is 12.8 Å². The molecule has 0 aliphatic carbocycles. The Labute approximate surface area is 176 Å². The standard InChI is InChI=1S/C24H18FN3O3/c25-22-17(9-4-10-21(22)29)20-14-28-23(18(26-20)12-15-6-2-1-3-7-15)27-19(24(28)30)13-16-8-5-11-31-16/h1-11,14,29-30H,12-13H2. The SMILES string of the molecule is Oc1cccc(-c2cn3c(O)c(Cc4ccco4)nc3c(Cc3ccccc3)n2)c1F. The van der Waals surface area contributed by atoms with Crippen LogP contribution in [0.15, 0.2) is 77.5 Å². The number of rotatable bonds is 5. The van der Waals surface area contributed by atoms with Crippen LogP contribution in [0.25, 0.3) is 16.9 Å². The molecule has 2 aromatic carbocycles. The number of aromatic nitrogens is 3. The predicted octanol–water partition coefficient (Wildman–Crippen LogP) is 4.72. The van der Waals surface area contributed by atoms with E-state index in [1.807, 2.05) is 30.3 Å². The second-order valence-corrected chi connectivity index (χ2v) is 7.21. The molecule has 0 unspecified atom stereocenters. The van der Waals surface area contributed by atoms with Gasteiger partial charge >= 0.3 is 0 Å². The van der Waals surface area contributed by atoms with Gasteiger partial charge in [-0.1, -0.05) is 36.4 Å². The number of halogens is 1. The molecule has 0 aliphatic heterocycles. The molecule has 0 aliphatic rings. The van der Waals surface area contributed by atoms with Crippen molar-refractivity contribution in [2.75, 3.05) is 0 Å². The summed E-state index contributed by atoms with van der Waals surface area (Å²) in [4.78, 5) is 9.26. The summed E-state index contributed by atoms with van der Waals surface area (Å²) in [5, 5.41) is 20.7. The largest absolute Gasteiger partial charge is 0.505 e. The fraction of sp³-hybridized carbons (Fsp3) is 0.0833. The quantitative estimate of drug-likeness (QED) is 0.434. The summed E-state index contributed by atoms with van der Waals surface area (Å²) < 4.78 is 21.5. The van der Waals surface area contributed by atoms with Gasteiger partial charge < -0.3 is 14.6 Å². The number of furan rings is 1. The lowest BCUT2D eigenvalue weighted by atomic mass is 10.1. The van der Waals surface area contributed by atoms with Crippen molar-refractivity contribution in [2.45, 2.75) is 12.8 Å². The van der Waals surface area contributed by atoms with E-state index >= 15 is 0 Å². The first-order valence-corrected chi connectivity index (χ1v) is 9.74. The summed E-state index contributed by atoms with van der Waals surface area (Å²) in [7, 11) is 0. The Morgan fingerprint density at radius 1 is 0.871 bits per heavy atom. The van der Waals surface area contributed by atoms with E-state index in [9.17, 15) is 14.6 Å². The molecule has 0 atom stereocenters. The summed E-state index contributed by atoms with van der Waals surface area (Å²) in [6.45, 7) is 0. The zero-order valence-corrected chi connectivity index (χ0v) is 16.4. The molecule has 7 heteroatoms. The van der Waals surface area contributed by atoms with E-state index in [0.29, 0.717) is 35.6 Å². The van der Waals surface area contributed by atoms with Gasteiger partial charge in [-0.15, -0.1) is 0 Å². The van der Waals surface area contributed by atoms with Crippen molar-refractivity contribution in [2.24, 2.45) is 0 Å². The van der Waals surface area contributed by atoms with Crippen molar-refractivity contribution >= 4 is 5.65 Å². The lowest BCUT2D eigenvalue weighted by Gasteiger charge is -2.09. The normalized spacial score (nSPS) is 11.3. The Morgan fingerprint density at radius 3 is 2.48 bits per heavy atom. The Morgan fingerprint density at radius 2 is 1.71 bits per heavy atom. The van der Waals surface area contributed by atoms with Gasteiger partial charge in [0.25, 0.3) is 0 Å². The van der Waals surface area contributed by atoms with Gasteiger partial charge in [-0.3, -0.25) is 4.40 Å². The molecule has 2 N–H and O–H groups in total. The maximum absolute atomic E-state index is 14.6. The minimum Gasteiger partial charge on any atom is -0.505 e. The van der Waals surface area contributed by atoms with Crippen molar-refractivity contribution < 1.29 is 19.0 Å². The van der Waals surface area contributed by atoms with E-state index in [4.69, 9.17) is 4.42 Å². The Kier molecular flexibility index (Phi) is 4.63. The summed E-state index contributed by atoms with van der Waals surface area (Å²) >= 11 is 0. The third-order valence-electron chi connectivity index (χ3n) is 5.11. The number of benzene rings is 2. The third-order valence-corrected chi connectivity index (χ3v) is 5.11. The number of phenolic OH excluding ortho intramolecular Hbond substituents is 1. The van der Waals surface area contributed by atoms with Gasteiger partial charge in [0, 0.05) is 18.2 Å². The minimum atomic E-state index is -0.768. The molecule has 5 aromatic rings. The average Bonchev–Trinajstić information content (AvgIpc) is 3.40. The Hall–Kier alpha value is -4.13. The molecule has 0 amide bonds. The summed E-state index contributed by atoms with van der Waals surface area (Å²) in [5.41, 5.74) is 2.90. The van der Waals surface area contributed by atoms with Crippen LogP contribution in [0.5, 0.6) is 11.6 Å². The zero-order chi connectivity index (χ0) is 21.4. The maximum Gasteiger partial charge on any atom is 0.219 e. The molecule has 154 valence electrons. The van der Waals surface area contributed by atoms with Gasteiger partial charge in [-0.25, -0.2) is 14.4 Å². The predicted molar refractivity (Wildman–Crippen MR) is 112 cm³/mol. The zero-order valence-electron chi connectivity index (χ0n) is 16.4. The molecular weight excluding hydrogens is 397 g/mol. The van der Waals surface area contributed by atoms with E-state index in [-0.39, 0.29) is 17.1 Å². The monoisotopic (exact) mass is 415 g/mol. The number of imidazole rings is 1. The van der Waals surface area contributed by atoms with E-state index < -0.39 is 11.6 Å². The number of hydrogen-bond donors (Lipinski definition) is 2. The van der Waals surface area contributed by atoms with Gasteiger partial charge in [0.05, 0.1) is 24.1 Å². The van der Waals surface area contributed by atoms with Gasteiger partial charge in [0.2, 0.25) is 5.88 Å². The first kappa shape index (κ1) is 18.9. The van der Waals surface area contributed by atoms with Crippen molar-refractivity contribution in [1.29, 1.82) is 0 Å². The summed E-state index contributed by atoms with van der Waals surface area (Å²) in [6, 6.07) is 17.6. The molecule has 5 rings (SSSR count). The van der Waals surface area contributed by atoms with Gasteiger partial charge in [0.15, 0.2) is 17.2 Å². The first-order valence-electron chi connectivity index (χ1n) is 9.74. The second-order valence-electron chi connectivity index (χ2n) is 7.21. The van der Waals surface area contributed by atoms with Crippen LogP contribution in [0, 0.1) is 5.82 Å². The highest BCUT2D eigenvalue weighted by atomic mass is 19.1. The van der Waals surface area contributed by atoms with Crippen LogP contribution in [0.4, 0.5) is 4.39 Å². The maximum atomic E-state index is 14.6.